The topological polar surface area (TPSA) is 42.0 Å². The Hall–Kier alpha value is -0.900. The van der Waals surface area contributed by atoms with Crippen LogP contribution in [0.15, 0.2) is 22.9 Å². The predicted octanol–water partition coefficient (Wildman–Crippen LogP) is 3.93. The van der Waals surface area contributed by atoms with Gasteiger partial charge in [-0.1, -0.05) is 39.0 Å². The maximum atomic E-state index is 11.7. The van der Waals surface area contributed by atoms with Crippen molar-refractivity contribution in [2.24, 2.45) is 0 Å². The van der Waals surface area contributed by atoms with Gasteiger partial charge in [-0.25, -0.2) is 4.98 Å². The largest absolute Gasteiger partial charge is 0.352 e. The van der Waals surface area contributed by atoms with Gasteiger partial charge in [-0.3, -0.25) is 4.79 Å². The average molecular weight is 313 g/mol. The first-order chi connectivity index (χ1) is 8.74. The van der Waals surface area contributed by atoms with E-state index in [1.54, 1.807) is 18.3 Å². The lowest BCUT2D eigenvalue weighted by atomic mass is 10.1. The van der Waals surface area contributed by atoms with Crippen LogP contribution < -0.4 is 5.32 Å². The third-order valence-corrected chi connectivity index (χ3v) is 3.27. The standard InChI is InChI=1S/C14H21BrN2O/c1-2-3-4-5-6-7-10-16-14(18)12-8-9-13(15)17-11-12/h8-9,11H,2-7,10H2,1H3,(H,16,18). The Labute approximate surface area is 118 Å². The van der Waals surface area contributed by atoms with Gasteiger partial charge in [0.15, 0.2) is 0 Å². The maximum absolute atomic E-state index is 11.7. The molecule has 1 aromatic rings. The highest BCUT2D eigenvalue weighted by atomic mass is 79.9. The van der Waals surface area contributed by atoms with Crippen LogP contribution in [0.25, 0.3) is 0 Å². The molecule has 4 heteroatoms. The van der Waals surface area contributed by atoms with Crippen LogP contribution in [0.1, 0.15) is 55.8 Å². The fraction of sp³-hybridized carbons (Fsp3) is 0.571. The van der Waals surface area contributed by atoms with Crippen molar-refractivity contribution < 1.29 is 4.79 Å². The van der Waals surface area contributed by atoms with Crippen molar-refractivity contribution in [3.05, 3.63) is 28.5 Å². The molecular weight excluding hydrogens is 292 g/mol. The third kappa shape index (κ3) is 6.15. The van der Waals surface area contributed by atoms with Crippen molar-refractivity contribution in [2.45, 2.75) is 45.4 Å². The Bertz CT molecular complexity index is 351. The molecule has 100 valence electrons. The van der Waals surface area contributed by atoms with Crippen LogP contribution >= 0.6 is 15.9 Å². The van der Waals surface area contributed by atoms with Crippen LogP contribution in [0.5, 0.6) is 0 Å². The average Bonchev–Trinajstić information content (AvgIpc) is 2.38. The molecule has 3 nitrogen and oxygen atoms in total. The number of carbonyl (C=O) groups is 1. The first kappa shape index (κ1) is 15.2. The van der Waals surface area contributed by atoms with Crippen molar-refractivity contribution in [3.8, 4) is 0 Å². The van der Waals surface area contributed by atoms with Gasteiger partial charge in [-0.15, -0.1) is 0 Å². The number of halogens is 1. The van der Waals surface area contributed by atoms with E-state index in [4.69, 9.17) is 0 Å². The Morgan fingerprint density at radius 3 is 2.61 bits per heavy atom. The van der Waals surface area contributed by atoms with Gasteiger partial charge in [0.25, 0.3) is 5.91 Å². The monoisotopic (exact) mass is 312 g/mol. The number of rotatable bonds is 8. The number of nitrogens with one attached hydrogen (secondary N) is 1. The molecule has 0 aromatic carbocycles. The van der Waals surface area contributed by atoms with Crippen molar-refractivity contribution in [2.75, 3.05) is 6.54 Å². The molecule has 1 amide bonds. The van der Waals surface area contributed by atoms with E-state index in [1.165, 1.54) is 32.1 Å². The summed E-state index contributed by atoms with van der Waals surface area (Å²) in [6, 6.07) is 3.55. The normalized spacial score (nSPS) is 10.3. The molecule has 0 saturated carbocycles. The van der Waals surface area contributed by atoms with Crippen LogP contribution in [0.4, 0.5) is 0 Å². The molecule has 18 heavy (non-hydrogen) atoms. The quantitative estimate of drug-likeness (QED) is 0.583. The van der Waals surface area contributed by atoms with E-state index in [0.717, 1.165) is 17.6 Å². The van der Waals surface area contributed by atoms with Gasteiger partial charge in [0.05, 0.1) is 5.56 Å². The van der Waals surface area contributed by atoms with E-state index in [-0.39, 0.29) is 5.91 Å². The lowest BCUT2D eigenvalue weighted by Gasteiger charge is -2.05. The van der Waals surface area contributed by atoms with Gasteiger partial charge in [0.1, 0.15) is 4.60 Å². The van der Waals surface area contributed by atoms with E-state index in [0.29, 0.717) is 5.56 Å². The molecule has 0 saturated heterocycles. The first-order valence-corrected chi connectivity index (χ1v) is 7.43. The van der Waals surface area contributed by atoms with Gasteiger partial charge in [-0.2, -0.15) is 0 Å². The summed E-state index contributed by atoms with van der Waals surface area (Å²) >= 11 is 3.25. The molecule has 0 radical (unpaired) electrons. The molecule has 0 spiro atoms. The SMILES string of the molecule is CCCCCCCCNC(=O)c1ccc(Br)nc1. The molecule has 1 rings (SSSR count). The third-order valence-electron chi connectivity index (χ3n) is 2.81. The Morgan fingerprint density at radius 1 is 1.22 bits per heavy atom. The van der Waals surface area contributed by atoms with E-state index in [9.17, 15) is 4.79 Å². The Morgan fingerprint density at radius 2 is 1.94 bits per heavy atom. The number of aromatic nitrogens is 1. The molecule has 0 aliphatic rings. The maximum Gasteiger partial charge on any atom is 0.252 e. The molecule has 0 unspecified atom stereocenters. The minimum absolute atomic E-state index is 0.0384. The number of nitrogens with zero attached hydrogens (tertiary/aromatic N) is 1. The smallest absolute Gasteiger partial charge is 0.252 e. The summed E-state index contributed by atoms with van der Waals surface area (Å²) in [5.74, 6) is -0.0384. The van der Waals surface area contributed by atoms with Gasteiger partial charge in [-0.05, 0) is 34.5 Å². The molecule has 0 aliphatic heterocycles. The highest BCUT2D eigenvalue weighted by Crippen LogP contribution is 2.07. The lowest BCUT2D eigenvalue weighted by Crippen LogP contribution is -2.24. The fourth-order valence-corrected chi connectivity index (χ4v) is 1.95. The summed E-state index contributed by atoms with van der Waals surface area (Å²) < 4.78 is 0.745. The lowest BCUT2D eigenvalue weighted by molar-refractivity contribution is 0.0952. The summed E-state index contributed by atoms with van der Waals surface area (Å²) in [4.78, 5) is 15.8. The molecule has 1 N–H and O–H groups in total. The Kier molecular flexibility index (Phi) is 7.65. The summed E-state index contributed by atoms with van der Waals surface area (Å²) in [7, 11) is 0. The van der Waals surface area contributed by atoms with Crippen molar-refractivity contribution >= 4 is 21.8 Å². The number of pyridine rings is 1. The van der Waals surface area contributed by atoms with E-state index < -0.39 is 0 Å². The van der Waals surface area contributed by atoms with Crippen LogP contribution in [0.3, 0.4) is 0 Å². The van der Waals surface area contributed by atoms with Crippen molar-refractivity contribution in [1.82, 2.24) is 10.3 Å². The molecule has 0 bridgehead atoms. The summed E-state index contributed by atoms with van der Waals surface area (Å²) in [5, 5.41) is 2.92. The second-order valence-corrected chi connectivity index (χ2v) is 5.21. The first-order valence-electron chi connectivity index (χ1n) is 6.63. The molecular formula is C14H21BrN2O. The number of hydrogen-bond donors (Lipinski definition) is 1. The number of amides is 1. The molecule has 0 atom stereocenters. The fourth-order valence-electron chi connectivity index (χ4n) is 1.72. The Balaban J connectivity index is 2.12. The molecule has 0 fully saturated rings. The van der Waals surface area contributed by atoms with Crippen LogP contribution in [0, 0.1) is 0 Å². The highest BCUT2D eigenvalue weighted by molar-refractivity contribution is 9.10. The van der Waals surface area contributed by atoms with Crippen LogP contribution in [-0.2, 0) is 0 Å². The zero-order valence-electron chi connectivity index (χ0n) is 10.9. The van der Waals surface area contributed by atoms with Crippen molar-refractivity contribution in [1.29, 1.82) is 0 Å². The van der Waals surface area contributed by atoms with Gasteiger partial charge in [0.2, 0.25) is 0 Å². The van der Waals surface area contributed by atoms with Crippen LogP contribution in [-0.4, -0.2) is 17.4 Å². The minimum atomic E-state index is -0.0384. The minimum Gasteiger partial charge on any atom is -0.352 e. The van der Waals surface area contributed by atoms with Crippen LogP contribution in [0.2, 0.25) is 0 Å². The zero-order chi connectivity index (χ0) is 13.2. The summed E-state index contributed by atoms with van der Waals surface area (Å²) in [6.45, 7) is 2.97. The van der Waals surface area contributed by atoms with Gasteiger partial charge in [0, 0.05) is 12.7 Å². The van der Waals surface area contributed by atoms with Crippen molar-refractivity contribution in [3.63, 3.8) is 0 Å². The predicted molar refractivity (Wildman–Crippen MR) is 77.6 cm³/mol. The number of unbranched alkanes of at least 4 members (excludes halogenated alkanes) is 5. The molecule has 1 aromatic heterocycles. The van der Waals surface area contributed by atoms with Gasteiger partial charge >= 0.3 is 0 Å². The number of carbonyl (C=O) groups excluding carboxylic acids is 1. The summed E-state index contributed by atoms with van der Waals surface area (Å²) in [6.07, 6.45) is 8.99. The highest BCUT2D eigenvalue weighted by Gasteiger charge is 2.04. The molecule has 0 aliphatic carbocycles. The molecule has 1 heterocycles. The van der Waals surface area contributed by atoms with Gasteiger partial charge < -0.3 is 5.32 Å². The van der Waals surface area contributed by atoms with E-state index in [1.807, 2.05) is 0 Å². The van der Waals surface area contributed by atoms with E-state index >= 15 is 0 Å². The van der Waals surface area contributed by atoms with E-state index in [2.05, 4.69) is 33.2 Å². The second kappa shape index (κ2) is 9.09. The zero-order valence-corrected chi connectivity index (χ0v) is 12.5. The second-order valence-electron chi connectivity index (χ2n) is 4.39. The number of hydrogen-bond acceptors (Lipinski definition) is 2. The summed E-state index contributed by atoms with van der Waals surface area (Å²) in [5.41, 5.74) is 0.615.